The third kappa shape index (κ3) is 4.16. The normalized spacial score (nSPS) is 13.1. The number of hydrogen-bond donors (Lipinski definition) is 1. The standard InChI is InChI=1S/C12H15ClN4O3S/c1-9(20-2)6-21(18,19)16-11-5-10(13)3-4-12(11)17-8-14-7-15-17/h3-5,7-9,16H,6H2,1-2H3/t9-/m0/s1. The largest absolute Gasteiger partial charge is 0.381 e. The Balaban J connectivity index is 2.33. The lowest BCUT2D eigenvalue weighted by Crippen LogP contribution is -2.26. The van der Waals surface area contributed by atoms with Gasteiger partial charge in [0.05, 0.1) is 23.2 Å². The Morgan fingerprint density at radius 1 is 1.48 bits per heavy atom. The minimum atomic E-state index is -3.57. The molecule has 0 spiro atoms. The van der Waals surface area contributed by atoms with E-state index >= 15 is 0 Å². The molecule has 0 bridgehead atoms. The topological polar surface area (TPSA) is 86.1 Å². The highest BCUT2D eigenvalue weighted by Gasteiger charge is 2.18. The van der Waals surface area contributed by atoms with Crippen LogP contribution in [0.5, 0.6) is 0 Å². The van der Waals surface area contributed by atoms with E-state index in [2.05, 4.69) is 14.8 Å². The zero-order chi connectivity index (χ0) is 15.5. The second-order valence-electron chi connectivity index (χ2n) is 4.43. The van der Waals surface area contributed by atoms with Crippen LogP contribution in [-0.2, 0) is 14.8 Å². The second-order valence-corrected chi connectivity index (χ2v) is 6.63. The highest BCUT2D eigenvalue weighted by molar-refractivity contribution is 7.92. The predicted molar refractivity (Wildman–Crippen MR) is 80.2 cm³/mol. The summed E-state index contributed by atoms with van der Waals surface area (Å²) in [7, 11) is -2.11. The van der Waals surface area contributed by atoms with Gasteiger partial charge >= 0.3 is 0 Å². The van der Waals surface area contributed by atoms with E-state index in [1.807, 2.05) is 0 Å². The molecule has 2 aromatic rings. The number of hydrogen-bond acceptors (Lipinski definition) is 5. The van der Waals surface area contributed by atoms with Crippen molar-refractivity contribution in [3.05, 3.63) is 35.9 Å². The maximum absolute atomic E-state index is 12.1. The summed E-state index contributed by atoms with van der Waals surface area (Å²) in [5, 5.41) is 4.40. The molecule has 1 N–H and O–H groups in total. The molecule has 7 nitrogen and oxygen atoms in total. The first-order valence-electron chi connectivity index (χ1n) is 6.09. The molecule has 0 saturated carbocycles. The van der Waals surface area contributed by atoms with Gasteiger partial charge in [-0.2, -0.15) is 5.10 Å². The Bertz CT molecular complexity index is 703. The number of anilines is 1. The molecule has 0 fully saturated rings. The number of halogens is 1. The molecule has 21 heavy (non-hydrogen) atoms. The van der Waals surface area contributed by atoms with Gasteiger partial charge in [-0.25, -0.2) is 18.1 Å². The van der Waals surface area contributed by atoms with Crippen LogP contribution in [0.15, 0.2) is 30.9 Å². The first kappa shape index (κ1) is 15.7. The highest BCUT2D eigenvalue weighted by Crippen LogP contribution is 2.25. The van der Waals surface area contributed by atoms with E-state index in [4.69, 9.17) is 16.3 Å². The monoisotopic (exact) mass is 330 g/mol. The van der Waals surface area contributed by atoms with Crippen LogP contribution in [0.4, 0.5) is 5.69 Å². The Kier molecular flexibility index (Phi) is 4.81. The van der Waals surface area contributed by atoms with Gasteiger partial charge in [-0.1, -0.05) is 11.6 Å². The fourth-order valence-corrected chi connectivity index (χ4v) is 3.22. The van der Waals surface area contributed by atoms with Gasteiger partial charge in [0.15, 0.2) is 0 Å². The molecule has 0 saturated heterocycles. The summed E-state index contributed by atoms with van der Waals surface area (Å²) in [6.07, 6.45) is 2.41. The summed E-state index contributed by atoms with van der Waals surface area (Å²) in [5.74, 6) is -0.160. The van der Waals surface area contributed by atoms with Crippen LogP contribution < -0.4 is 4.72 Å². The average molecular weight is 331 g/mol. The van der Waals surface area contributed by atoms with Crippen molar-refractivity contribution in [1.29, 1.82) is 0 Å². The van der Waals surface area contributed by atoms with Crippen molar-refractivity contribution in [2.75, 3.05) is 17.6 Å². The van der Waals surface area contributed by atoms with Gasteiger partial charge in [-0.3, -0.25) is 4.72 Å². The summed E-state index contributed by atoms with van der Waals surface area (Å²) in [4.78, 5) is 3.84. The lowest BCUT2D eigenvalue weighted by Gasteiger charge is -2.15. The molecule has 114 valence electrons. The van der Waals surface area contributed by atoms with Gasteiger partial charge in [0.25, 0.3) is 0 Å². The number of ether oxygens (including phenoxy) is 1. The number of nitrogens with zero attached hydrogens (tertiary/aromatic N) is 3. The van der Waals surface area contributed by atoms with E-state index in [1.54, 1.807) is 19.1 Å². The van der Waals surface area contributed by atoms with Gasteiger partial charge in [0, 0.05) is 12.1 Å². The zero-order valence-corrected chi connectivity index (χ0v) is 13.1. The minimum Gasteiger partial charge on any atom is -0.381 e. The van der Waals surface area contributed by atoms with Crippen LogP contribution in [0.2, 0.25) is 5.02 Å². The van der Waals surface area contributed by atoms with Crippen molar-refractivity contribution in [2.24, 2.45) is 0 Å². The van der Waals surface area contributed by atoms with Crippen molar-refractivity contribution < 1.29 is 13.2 Å². The molecule has 9 heteroatoms. The average Bonchev–Trinajstić information content (AvgIpc) is 2.91. The van der Waals surface area contributed by atoms with E-state index in [1.165, 1.54) is 30.5 Å². The number of sulfonamides is 1. The molecule has 0 aliphatic carbocycles. The molecule has 1 aromatic heterocycles. The molecule has 0 aliphatic rings. The van der Waals surface area contributed by atoms with Gasteiger partial charge in [-0.05, 0) is 25.1 Å². The molecule has 1 aromatic carbocycles. The minimum absolute atomic E-state index is 0.160. The second kappa shape index (κ2) is 6.42. The first-order valence-corrected chi connectivity index (χ1v) is 8.12. The molecule has 0 aliphatic heterocycles. The Morgan fingerprint density at radius 3 is 2.86 bits per heavy atom. The lowest BCUT2D eigenvalue weighted by molar-refractivity contribution is 0.136. The van der Waals surface area contributed by atoms with Crippen molar-refractivity contribution in [3.8, 4) is 5.69 Å². The Morgan fingerprint density at radius 2 is 2.24 bits per heavy atom. The quantitative estimate of drug-likeness (QED) is 0.871. The van der Waals surface area contributed by atoms with Crippen LogP contribution >= 0.6 is 11.6 Å². The molecule has 1 atom stereocenters. The third-order valence-corrected chi connectivity index (χ3v) is 4.42. The van der Waals surface area contributed by atoms with Gasteiger partial charge < -0.3 is 4.74 Å². The van der Waals surface area contributed by atoms with E-state index in [0.717, 1.165) is 0 Å². The smallest absolute Gasteiger partial charge is 0.235 e. The van der Waals surface area contributed by atoms with Crippen LogP contribution in [0.25, 0.3) is 5.69 Å². The van der Waals surface area contributed by atoms with E-state index in [9.17, 15) is 8.42 Å². The van der Waals surface area contributed by atoms with Gasteiger partial charge in [0.2, 0.25) is 10.0 Å². The summed E-state index contributed by atoms with van der Waals surface area (Å²) < 4.78 is 33.2. The summed E-state index contributed by atoms with van der Waals surface area (Å²) >= 11 is 5.94. The number of benzene rings is 1. The lowest BCUT2D eigenvalue weighted by atomic mass is 10.3. The maximum atomic E-state index is 12.1. The van der Waals surface area contributed by atoms with Crippen molar-refractivity contribution in [1.82, 2.24) is 14.8 Å². The summed E-state index contributed by atoms with van der Waals surface area (Å²) in [6, 6.07) is 4.83. The number of aromatic nitrogens is 3. The van der Waals surface area contributed by atoms with E-state index in [0.29, 0.717) is 16.4 Å². The number of rotatable bonds is 6. The molecular formula is C12H15ClN4O3S. The number of nitrogens with one attached hydrogen (secondary N) is 1. The fourth-order valence-electron chi connectivity index (χ4n) is 1.71. The molecule has 0 amide bonds. The highest BCUT2D eigenvalue weighted by atomic mass is 35.5. The van der Waals surface area contributed by atoms with Crippen LogP contribution in [-0.4, -0.2) is 42.1 Å². The Hall–Kier alpha value is -1.64. The summed E-state index contributed by atoms with van der Waals surface area (Å²) in [6.45, 7) is 1.68. The maximum Gasteiger partial charge on any atom is 0.235 e. The zero-order valence-electron chi connectivity index (χ0n) is 11.5. The van der Waals surface area contributed by atoms with Crippen LogP contribution in [0.3, 0.4) is 0 Å². The van der Waals surface area contributed by atoms with Crippen molar-refractivity contribution in [2.45, 2.75) is 13.0 Å². The number of methoxy groups -OCH3 is 1. The van der Waals surface area contributed by atoms with E-state index in [-0.39, 0.29) is 5.75 Å². The van der Waals surface area contributed by atoms with Crippen molar-refractivity contribution in [3.63, 3.8) is 0 Å². The fraction of sp³-hybridized carbons (Fsp3) is 0.333. The van der Waals surface area contributed by atoms with Gasteiger partial charge in [-0.15, -0.1) is 0 Å². The first-order chi connectivity index (χ1) is 9.91. The molecule has 0 unspecified atom stereocenters. The molecular weight excluding hydrogens is 316 g/mol. The van der Waals surface area contributed by atoms with Gasteiger partial charge in [0.1, 0.15) is 12.7 Å². The van der Waals surface area contributed by atoms with E-state index < -0.39 is 16.1 Å². The third-order valence-electron chi connectivity index (χ3n) is 2.75. The SMILES string of the molecule is CO[C@@H](C)CS(=O)(=O)Nc1cc(Cl)ccc1-n1cncn1. The predicted octanol–water partition coefficient (Wildman–Crippen LogP) is 1.70. The Labute approximate surface area is 128 Å². The van der Waals surface area contributed by atoms with Crippen LogP contribution in [0, 0.1) is 0 Å². The molecule has 0 radical (unpaired) electrons. The molecule has 1 heterocycles. The van der Waals surface area contributed by atoms with Crippen LogP contribution in [0.1, 0.15) is 6.92 Å². The van der Waals surface area contributed by atoms with Crippen molar-refractivity contribution >= 4 is 27.3 Å². The summed E-state index contributed by atoms with van der Waals surface area (Å²) in [5.41, 5.74) is 0.863. The molecule has 2 rings (SSSR count).